The van der Waals surface area contributed by atoms with Gasteiger partial charge in [0.15, 0.2) is 0 Å². The number of hydrogen-bond donors (Lipinski definition) is 2. The Bertz CT molecular complexity index is 1360. The molecule has 0 fully saturated rings. The zero-order valence-electron chi connectivity index (χ0n) is 16.5. The first-order valence-electron chi connectivity index (χ1n) is 9.55. The fourth-order valence-corrected chi connectivity index (χ4v) is 3.34. The van der Waals surface area contributed by atoms with Crippen LogP contribution >= 0.6 is 0 Å². The van der Waals surface area contributed by atoms with E-state index in [1.807, 2.05) is 48.5 Å². The fraction of sp³-hybridized carbons (Fsp3) is 0.0435. The summed E-state index contributed by atoms with van der Waals surface area (Å²) in [6.07, 6.45) is 0. The number of para-hydroxylation sites is 3. The molecule has 152 valence electrons. The number of methoxy groups -OCH3 is 1. The number of H-pyrrole nitrogens is 1. The van der Waals surface area contributed by atoms with Crippen molar-refractivity contribution in [1.82, 2.24) is 20.2 Å². The van der Waals surface area contributed by atoms with Crippen LogP contribution in [0.1, 0.15) is 10.4 Å². The predicted molar refractivity (Wildman–Crippen MR) is 116 cm³/mol. The number of nitrogens with one attached hydrogen (secondary N) is 2. The number of aromatic amines is 1. The first-order valence-corrected chi connectivity index (χ1v) is 9.55. The Morgan fingerprint density at radius 3 is 2.52 bits per heavy atom. The van der Waals surface area contributed by atoms with Gasteiger partial charge in [0.1, 0.15) is 11.6 Å². The maximum Gasteiger partial charge on any atom is 0.322 e. The zero-order valence-corrected chi connectivity index (χ0v) is 16.5. The average Bonchev–Trinajstić information content (AvgIpc) is 3.46. The van der Waals surface area contributed by atoms with Crippen LogP contribution in [0.25, 0.3) is 33.9 Å². The van der Waals surface area contributed by atoms with Crippen LogP contribution in [0.15, 0.2) is 77.2 Å². The normalized spacial score (nSPS) is 10.9. The third-order valence-corrected chi connectivity index (χ3v) is 4.80. The number of ether oxygens (including phenoxy) is 1. The number of rotatable bonds is 5. The van der Waals surface area contributed by atoms with E-state index in [0.29, 0.717) is 22.7 Å². The zero-order chi connectivity index (χ0) is 21.2. The van der Waals surface area contributed by atoms with Gasteiger partial charge >= 0.3 is 6.01 Å². The van der Waals surface area contributed by atoms with Gasteiger partial charge in [0.25, 0.3) is 11.8 Å². The number of imidazole rings is 1. The van der Waals surface area contributed by atoms with Gasteiger partial charge in [0.05, 0.1) is 23.7 Å². The maximum absolute atomic E-state index is 12.6. The van der Waals surface area contributed by atoms with Crippen molar-refractivity contribution in [2.45, 2.75) is 0 Å². The number of hydrogen-bond acceptors (Lipinski definition) is 6. The van der Waals surface area contributed by atoms with Crippen LogP contribution < -0.4 is 10.1 Å². The Morgan fingerprint density at radius 2 is 1.68 bits per heavy atom. The summed E-state index contributed by atoms with van der Waals surface area (Å²) in [4.78, 5) is 20.6. The van der Waals surface area contributed by atoms with Gasteiger partial charge in [-0.3, -0.25) is 10.1 Å². The van der Waals surface area contributed by atoms with E-state index in [4.69, 9.17) is 9.15 Å². The van der Waals surface area contributed by atoms with E-state index < -0.39 is 5.91 Å². The second-order valence-corrected chi connectivity index (χ2v) is 6.71. The van der Waals surface area contributed by atoms with Gasteiger partial charge in [0.2, 0.25) is 0 Å². The SMILES string of the molecule is COc1ccccc1C(=O)Nc1nnc(-c2ccccc2-c2nc3ccccc3[nH]2)o1. The Kier molecular flexibility index (Phi) is 4.64. The molecule has 8 nitrogen and oxygen atoms in total. The number of nitrogens with zero attached hydrogens (tertiary/aromatic N) is 3. The third-order valence-electron chi connectivity index (χ3n) is 4.80. The molecule has 0 saturated heterocycles. The molecule has 1 amide bonds. The summed E-state index contributed by atoms with van der Waals surface area (Å²) >= 11 is 0. The monoisotopic (exact) mass is 411 g/mol. The highest BCUT2D eigenvalue weighted by Crippen LogP contribution is 2.31. The highest BCUT2D eigenvalue weighted by atomic mass is 16.5. The van der Waals surface area contributed by atoms with Crippen LogP contribution in [0.5, 0.6) is 5.75 Å². The van der Waals surface area contributed by atoms with E-state index >= 15 is 0 Å². The van der Waals surface area contributed by atoms with Crippen molar-refractivity contribution in [1.29, 1.82) is 0 Å². The van der Waals surface area contributed by atoms with Crippen LogP contribution in [0.4, 0.5) is 6.01 Å². The van der Waals surface area contributed by atoms with Gasteiger partial charge in [-0.25, -0.2) is 4.98 Å². The lowest BCUT2D eigenvalue weighted by atomic mass is 10.1. The van der Waals surface area contributed by atoms with Crippen LogP contribution in [0.2, 0.25) is 0 Å². The molecule has 0 bridgehead atoms. The van der Waals surface area contributed by atoms with Crippen molar-refractivity contribution in [2.75, 3.05) is 12.4 Å². The second-order valence-electron chi connectivity index (χ2n) is 6.71. The largest absolute Gasteiger partial charge is 0.496 e. The van der Waals surface area contributed by atoms with Crippen molar-refractivity contribution in [3.8, 4) is 28.6 Å². The number of fused-ring (bicyclic) bond motifs is 1. The molecular formula is C23H17N5O3. The molecular weight excluding hydrogens is 394 g/mol. The van der Waals surface area contributed by atoms with E-state index in [2.05, 4.69) is 25.5 Å². The summed E-state index contributed by atoms with van der Waals surface area (Å²) < 4.78 is 11.0. The number of anilines is 1. The lowest BCUT2D eigenvalue weighted by Gasteiger charge is -2.06. The minimum absolute atomic E-state index is 0.00897. The topological polar surface area (TPSA) is 106 Å². The molecule has 0 aliphatic heterocycles. The fourth-order valence-electron chi connectivity index (χ4n) is 3.34. The summed E-state index contributed by atoms with van der Waals surface area (Å²) in [6.45, 7) is 0. The Labute approximate surface area is 176 Å². The number of carbonyl (C=O) groups is 1. The molecule has 3 aromatic carbocycles. The standard InChI is InChI=1S/C23H17N5O3/c1-30-19-13-7-4-10-16(19)21(29)26-23-28-27-22(31-23)15-9-3-2-8-14(15)20-24-17-11-5-6-12-18(17)25-20/h2-13H,1H3,(H,24,25)(H,26,28,29). The van der Waals surface area contributed by atoms with E-state index in [0.717, 1.165) is 16.6 Å². The molecule has 5 rings (SSSR count). The van der Waals surface area contributed by atoms with Crippen molar-refractivity contribution in [3.05, 3.63) is 78.4 Å². The summed E-state index contributed by atoms with van der Waals surface area (Å²) in [6, 6.07) is 22.2. The molecule has 0 saturated carbocycles. The minimum Gasteiger partial charge on any atom is -0.496 e. The highest BCUT2D eigenvalue weighted by molar-refractivity contribution is 6.05. The van der Waals surface area contributed by atoms with Crippen LogP contribution in [-0.4, -0.2) is 33.2 Å². The predicted octanol–water partition coefficient (Wildman–Crippen LogP) is 4.54. The van der Waals surface area contributed by atoms with Gasteiger partial charge < -0.3 is 14.1 Å². The van der Waals surface area contributed by atoms with Crippen molar-refractivity contribution < 1.29 is 13.9 Å². The van der Waals surface area contributed by atoms with Gasteiger partial charge in [-0.15, -0.1) is 5.10 Å². The quantitative estimate of drug-likeness (QED) is 0.440. The number of aromatic nitrogens is 4. The van der Waals surface area contributed by atoms with Crippen LogP contribution in [0, 0.1) is 0 Å². The smallest absolute Gasteiger partial charge is 0.322 e. The first-order chi connectivity index (χ1) is 15.2. The summed E-state index contributed by atoms with van der Waals surface area (Å²) in [5.74, 6) is 1.01. The number of benzene rings is 3. The van der Waals surface area contributed by atoms with Crippen LogP contribution in [0.3, 0.4) is 0 Å². The molecule has 2 aromatic heterocycles. The average molecular weight is 411 g/mol. The van der Waals surface area contributed by atoms with E-state index in [-0.39, 0.29) is 11.9 Å². The van der Waals surface area contributed by atoms with Crippen LogP contribution in [-0.2, 0) is 0 Å². The lowest BCUT2D eigenvalue weighted by molar-refractivity contribution is 0.102. The Hall–Kier alpha value is -4.46. The molecule has 0 radical (unpaired) electrons. The molecule has 0 aliphatic carbocycles. The van der Waals surface area contributed by atoms with E-state index in [1.165, 1.54) is 7.11 Å². The van der Waals surface area contributed by atoms with Gasteiger partial charge in [-0.05, 0) is 30.3 Å². The molecule has 5 aromatic rings. The van der Waals surface area contributed by atoms with E-state index in [9.17, 15) is 4.79 Å². The van der Waals surface area contributed by atoms with Crippen molar-refractivity contribution in [3.63, 3.8) is 0 Å². The molecule has 31 heavy (non-hydrogen) atoms. The molecule has 8 heteroatoms. The maximum atomic E-state index is 12.6. The molecule has 0 atom stereocenters. The van der Waals surface area contributed by atoms with Gasteiger partial charge in [0, 0.05) is 11.1 Å². The van der Waals surface area contributed by atoms with Gasteiger partial charge in [-0.1, -0.05) is 47.6 Å². The van der Waals surface area contributed by atoms with E-state index in [1.54, 1.807) is 24.3 Å². The third kappa shape index (κ3) is 3.51. The molecule has 0 spiro atoms. The Morgan fingerprint density at radius 1 is 0.935 bits per heavy atom. The van der Waals surface area contributed by atoms with Gasteiger partial charge in [-0.2, -0.15) is 0 Å². The summed E-state index contributed by atoms with van der Waals surface area (Å²) in [7, 11) is 1.51. The minimum atomic E-state index is -0.404. The second kappa shape index (κ2) is 7.75. The van der Waals surface area contributed by atoms with Crippen molar-refractivity contribution >= 4 is 23.0 Å². The summed E-state index contributed by atoms with van der Waals surface area (Å²) in [5.41, 5.74) is 3.68. The lowest BCUT2D eigenvalue weighted by Crippen LogP contribution is -2.13. The molecule has 2 heterocycles. The highest BCUT2D eigenvalue weighted by Gasteiger charge is 2.18. The Balaban J connectivity index is 1.46. The number of amides is 1. The number of carbonyl (C=O) groups excluding carboxylic acids is 1. The first kappa shape index (κ1) is 18.6. The molecule has 2 N–H and O–H groups in total. The van der Waals surface area contributed by atoms with Crippen molar-refractivity contribution in [2.24, 2.45) is 0 Å². The summed E-state index contributed by atoms with van der Waals surface area (Å²) in [5, 5.41) is 10.7. The molecule has 0 unspecified atom stereocenters. The molecule has 0 aliphatic rings.